The van der Waals surface area contributed by atoms with E-state index >= 15 is 0 Å². The average molecular weight is 371 g/mol. The van der Waals surface area contributed by atoms with Crippen LogP contribution in [0.2, 0.25) is 0 Å². The minimum atomic E-state index is -4.50. The minimum Gasteiger partial charge on any atom is -0.467 e. The van der Waals surface area contributed by atoms with Gasteiger partial charge in [0.15, 0.2) is 11.7 Å². The Balaban J connectivity index is 1.73. The largest absolute Gasteiger partial charge is 0.467 e. The van der Waals surface area contributed by atoms with Gasteiger partial charge in [0.1, 0.15) is 5.56 Å². The number of ether oxygens (including phenoxy) is 1. The number of hydrogen-bond donors (Lipinski definition) is 1. The number of anilines is 1. The fourth-order valence-electron chi connectivity index (χ4n) is 2.58. The molecule has 1 amide bonds. The summed E-state index contributed by atoms with van der Waals surface area (Å²) in [7, 11) is 0. The number of aromatic nitrogens is 2. The molecule has 0 fully saturated rings. The molecule has 25 heavy (non-hydrogen) atoms. The first-order valence-electron chi connectivity index (χ1n) is 7.87. The average Bonchev–Trinajstić information content (AvgIpc) is 2.81. The second kappa shape index (κ2) is 7.38. The Bertz CT molecular complexity index is 738. The van der Waals surface area contributed by atoms with E-state index in [1.807, 2.05) is 0 Å². The fourth-order valence-corrected chi connectivity index (χ4v) is 3.62. The molecule has 1 aliphatic rings. The van der Waals surface area contributed by atoms with Crippen LogP contribution in [0.15, 0.2) is 18.3 Å². The number of nitrogens with zero attached hydrogens (tertiary/aromatic N) is 2. The molecule has 0 spiro atoms. The van der Waals surface area contributed by atoms with Gasteiger partial charge in [0.2, 0.25) is 5.88 Å². The molecule has 0 saturated carbocycles. The van der Waals surface area contributed by atoms with E-state index in [9.17, 15) is 18.0 Å². The highest BCUT2D eigenvalue weighted by atomic mass is 32.1. The third kappa shape index (κ3) is 4.68. The molecule has 0 atom stereocenters. The van der Waals surface area contributed by atoms with Gasteiger partial charge in [-0.2, -0.15) is 13.2 Å². The second-order valence-corrected chi connectivity index (χ2v) is 6.75. The number of nitrogens with one attached hydrogen (secondary N) is 1. The summed E-state index contributed by atoms with van der Waals surface area (Å²) in [6, 6.07) is 2.83. The molecule has 0 bridgehead atoms. The van der Waals surface area contributed by atoms with Gasteiger partial charge in [0, 0.05) is 11.1 Å². The molecule has 3 rings (SSSR count). The molecule has 9 heteroatoms. The Labute approximate surface area is 146 Å². The smallest absolute Gasteiger partial charge is 0.422 e. The first-order valence-corrected chi connectivity index (χ1v) is 8.68. The van der Waals surface area contributed by atoms with Crippen molar-refractivity contribution in [3.63, 3.8) is 0 Å². The lowest BCUT2D eigenvalue weighted by molar-refractivity contribution is -0.154. The Kier molecular flexibility index (Phi) is 5.22. The van der Waals surface area contributed by atoms with Crippen LogP contribution in [0.25, 0.3) is 0 Å². The van der Waals surface area contributed by atoms with Gasteiger partial charge in [-0.25, -0.2) is 9.97 Å². The van der Waals surface area contributed by atoms with Crippen LogP contribution >= 0.6 is 11.3 Å². The second-order valence-electron chi connectivity index (χ2n) is 5.66. The zero-order chi connectivity index (χ0) is 17.9. The molecule has 0 aliphatic heterocycles. The first-order chi connectivity index (χ1) is 11.9. The molecule has 2 aromatic heterocycles. The maximum absolute atomic E-state index is 12.4. The predicted octanol–water partition coefficient (Wildman–Crippen LogP) is 4.00. The predicted molar refractivity (Wildman–Crippen MR) is 87.1 cm³/mol. The molecule has 0 unspecified atom stereocenters. The highest BCUT2D eigenvalue weighted by molar-refractivity contribution is 7.15. The zero-order valence-corrected chi connectivity index (χ0v) is 14.0. The zero-order valence-electron chi connectivity index (χ0n) is 13.2. The van der Waals surface area contributed by atoms with E-state index in [2.05, 4.69) is 20.0 Å². The number of alkyl halides is 3. The molecule has 0 saturated heterocycles. The number of fused-ring (bicyclic) bond motifs is 1. The Morgan fingerprint density at radius 2 is 2.08 bits per heavy atom. The molecular formula is C16H16F3N3O2S. The summed E-state index contributed by atoms with van der Waals surface area (Å²) in [5, 5.41) is 3.09. The summed E-state index contributed by atoms with van der Waals surface area (Å²) in [6.45, 7) is -1.50. The highest BCUT2D eigenvalue weighted by Gasteiger charge is 2.29. The summed E-state index contributed by atoms with van der Waals surface area (Å²) in [6.07, 6.45) is 1.93. The lowest BCUT2D eigenvalue weighted by atomic mass is 10.2. The number of hydrogen-bond acceptors (Lipinski definition) is 5. The number of pyridine rings is 1. The monoisotopic (exact) mass is 371 g/mol. The molecule has 2 aromatic rings. The Morgan fingerprint density at radius 1 is 1.28 bits per heavy atom. The van der Waals surface area contributed by atoms with Gasteiger partial charge in [-0.15, -0.1) is 11.3 Å². The van der Waals surface area contributed by atoms with Crippen molar-refractivity contribution in [2.45, 2.75) is 38.3 Å². The maximum Gasteiger partial charge on any atom is 0.422 e. The van der Waals surface area contributed by atoms with Crippen molar-refractivity contribution in [3.05, 3.63) is 34.5 Å². The molecule has 134 valence electrons. The molecular weight excluding hydrogens is 355 g/mol. The van der Waals surface area contributed by atoms with Gasteiger partial charge in [-0.05, 0) is 37.8 Å². The SMILES string of the molecule is O=C(Nc1nc2c(s1)CCCCC2)c1cccnc1OCC(F)(F)F. The van der Waals surface area contributed by atoms with E-state index in [1.54, 1.807) is 0 Å². The van der Waals surface area contributed by atoms with Crippen LogP contribution in [-0.4, -0.2) is 28.7 Å². The molecule has 0 aromatic carbocycles. The van der Waals surface area contributed by atoms with Crippen molar-refractivity contribution in [2.75, 3.05) is 11.9 Å². The van der Waals surface area contributed by atoms with Crippen LogP contribution in [0, 0.1) is 0 Å². The quantitative estimate of drug-likeness (QED) is 0.825. The third-order valence-electron chi connectivity index (χ3n) is 3.70. The maximum atomic E-state index is 12.4. The van der Waals surface area contributed by atoms with Crippen molar-refractivity contribution in [1.29, 1.82) is 0 Å². The molecule has 1 N–H and O–H groups in total. The summed E-state index contributed by atoms with van der Waals surface area (Å²) < 4.78 is 41.6. The van der Waals surface area contributed by atoms with E-state index in [-0.39, 0.29) is 11.4 Å². The third-order valence-corrected chi connectivity index (χ3v) is 4.78. The molecule has 0 radical (unpaired) electrons. The highest BCUT2D eigenvalue weighted by Crippen LogP contribution is 2.29. The van der Waals surface area contributed by atoms with Gasteiger partial charge in [0.25, 0.3) is 5.91 Å². The number of carbonyl (C=O) groups is 1. The van der Waals surface area contributed by atoms with Crippen LogP contribution in [0.1, 0.15) is 40.2 Å². The summed E-state index contributed by atoms with van der Waals surface area (Å²) >= 11 is 1.41. The fraction of sp³-hybridized carbons (Fsp3) is 0.438. The molecule has 5 nitrogen and oxygen atoms in total. The van der Waals surface area contributed by atoms with Crippen LogP contribution in [0.3, 0.4) is 0 Å². The van der Waals surface area contributed by atoms with Crippen LogP contribution < -0.4 is 10.1 Å². The van der Waals surface area contributed by atoms with Crippen molar-refractivity contribution >= 4 is 22.4 Å². The van der Waals surface area contributed by atoms with E-state index in [1.165, 1.54) is 36.1 Å². The van der Waals surface area contributed by atoms with Crippen LogP contribution in [0.5, 0.6) is 5.88 Å². The van der Waals surface area contributed by atoms with Crippen LogP contribution in [-0.2, 0) is 12.8 Å². The molecule has 1 aliphatic carbocycles. The summed E-state index contributed by atoms with van der Waals surface area (Å²) in [5.74, 6) is -0.940. The Hall–Kier alpha value is -2.16. The van der Waals surface area contributed by atoms with Gasteiger partial charge in [-0.1, -0.05) is 6.42 Å². The summed E-state index contributed by atoms with van der Waals surface area (Å²) in [5.41, 5.74) is 0.940. The Morgan fingerprint density at radius 3 is 2.88 bits per heavy atom. The molecule has 2 heterocycles. The van der Waals surface area contributed by atoms with Crippen molar-refractivity contribution in [1.82, 2.24) is 9.97 Å². The number of carbonyl (C=O) groups excluding carboxylic acids is 1. The first kappa shape index (κ1) is 17.7. The van der Waals surface area contributed by atoms with Crippen molar-refractivity contribution in [3.8, 4) is 5.88 Å². The van der Waals surface area contributed by atoms with Gasteiger partial charge >= 0.3 is 6.18 Å². The van der Waals surface area contributed by atoms with E-state index < -0.39 is 18.7 Å². The van der Waals surface area contributed by atoms with Gasteiger partial charge in [-0.3, -0.25) is 10.1 Å². The van der Waals surface area contributed by atoms with Crippen molar-refractivity contribution in [2.24, 2.45) is 0 Å². The topological polar surface area (TPSA) is 64.1 Å². The number of amides is 1. The minimum absolute atomic E-state index is 0.0582. The lowest BCUT2D eigenvalue weighted by Gasteiger charge is -2.11. The lowest BCUT2D eigenvalue weighted by Crippen LogP contribution is -2.22. The number of halogens is 3. The van der Waals surface area contributed by atoms with E-state index in [0.717, 1.165) is 36.3 Å². The number of thiazole rings is 1. The van der Waals surface area contributed by atoms with E-state index in [4.69, 9.17) is 0 Å². The van der Waals surface area contributed by atoms with Crippen molar-refractivity contribution < 1.29 is 22.7 Å². The van der Waals surface area contributed by atoms with Gasteiger partial charge < -0.3 is 4.74 Å². The number of aryl methyl sites for hydroxylation is 2. The number of rotatable bonds is 4. The van der Waals surface area contributed by atoms with Crippen LogP contribution in [0.4, 0.5) is 18.3 Å². The summed E-state index contributed by atoms with van der Waals surface area (Å²) in [4.78, 5) is 21.7. The van der Waals surface area contributed by atoms with Gasteiger partial charge in [0.05, 0.1) is 5.69 Å². The normalized spacial score (nSPS) is 14.5. The van der Waals surface area contributed by atoms with E-state index in [0.29, 0.717) is 5.13 Å². The standard InChI is InChI=1S/C16H16F3N3O2S/c17-16(18,19)9-24-14-10(5-4-8-20-14)13(23)22-15-21-11-6-2-1-3-7-12(11)25-15/h4-5,8H,1-3,6-7,9H2,(H,21,22,23).